The van der Waals surface area contributed by atoms with E-state index in [1.54, 1.807) is 24.3 Å². The highest BCUT2D eigenvalue weighted by molar-refractivity contribution is 7.92. The van der Waals surface area contributed by atoms with Gasteiger partial charge < -0.3 is 14.2 Å². The number of sulfonamides is 1. The smallest absolute Gasteiger partial charge is 0.264 e. The minimum Gasteiger partial charge on any atom is -0.493 e. The Morgan fingerprint density at radius 3 is 2.08 bits per heavy atom. The van der Waals surface area contributed by atoms with Crippen molar-refractivity contribution >= 4 is 27.8 Å². The molecule has 0 radical (unpaired) electrons. The third-order valence-corrected chi connectivity index (χ3v) is 6.89. The Balaban J connectivity index is 1.84. The minimum atomic E-state index is -4.13. The van der Waals surface area contributed by atoms with Crippen molar-refractivity contribution in [2.24, 2.45) is 5.10 Å². The molecule has 9 nitrogen and oxygen atoms in total. The van der Waals surface area contributed by atoms with Crippen LogP contribution < -0.4 is 23.9 Å². The Kier molecular flexibility index (Phi) is 8.49. The monoisotopic (exact) mass is 515 g/mol. The molecule has 0 aliphatic heterocycles. The Morgan fingerprint density at radius 2 is 1.56 bits per heavy atom. The molecule has 0 aliphatic carbocycles. The number of ether oxygens (including phenoxy) is 3. The molecule has 0 unspecified atom stereocenters. The van der Waals surface area contributed by atoms with E-state index in [0.29, 0.717) is 22.8 Å². The van der Waals surface area contributed by atoms with Crippen LogP contribution in [-0.4, -0.2) is 48.4 Å². The van der Waals surface area contributed by atoms with E-state index in [2.05, 4.69) is 10.5 Å². The maximum atomic E-state index is 13.5. The Hall–Kier alpha value is -4.12. The van der Waals surface area contributed by atoms with Gasteiger partial charge in [0.05, 0.1) is 38.1 Å². The lowest BCUT2D eigenvalue weighted by atomic mass is 10.2. The van der Waals surface area contributed by atoms with Gasteiger partial charge in [0.15, 0.2) is 11.5 Å². The second-order valence-corrected chi connectivity index (χ2v) is 9.42. The van der Waals surface area contributed by atoms with Gasteiger partial charge >= 0.3 is 0 Å². The quantitative estimate of drug-likeness (QED) is 0.327. The molecule has 3 aromatic carbocycles. The van der Waals surface area contributed by atoms with E-state index in [1.165, 1.54) is 51.8 Å². The molecule has 0 bridgehead atoms. The highest BCUT2D eigenvalue weighted by atomic mass is 32.2. The summed E-state index contributed by atoms with van der Waals surface area (Å²) in [7, 11) is 0.289. The summed E-state index contributed by atoms with van der Waals surface area (Å²) in [5, 5.41) is 3.92. The summed E-state index contributed by atoms with van der Waals surface area (Å²) in [6.45, 7) is 1.24. The van der Waals surface area contributed by atoms with E-state index in [1.807, 2.05) is 6.92 Å². The van der Waals surface area contributed by atoms with Crippen molar-refractivity contribution in [1.29, 1.82) is 0 Å². The third kappa shape index (κ3) is 6.11. The van der Waals surface area contributed by atoms with Crippen LogP contribution in [0.5, 0.6) is 17.2 Å². The van der Waals surface area contributed by atoms with Crippen LogP contribution in [0, 0.1) is 12.7 Å². The Morgan fingerprint density at radius 1 is 0.972 bits per heavy atom. The average Bonchev–Trinajstić information content (AvgIpc) is 2.87. The van der Waals surface area contributed by atoms with Crippen molar-refractivity contribution in [2.75, 3.05) is 32.2 Å². The fraction of sp³-hybridized carbons (Fsp3) is 0.200. The van der Waals surface area contributed by atoms with E-state index in [-0.39, 0.29) is 10.6 Å². The molecule has 1 amide bonds. The molecule has 0 spiro atoms. The van der Waals surface area contributed by atoms with Gasteiger partial charge in [-0.1, -0.05) is 17.7 Å². The van der Waals surface area contributed by atoms with Crippen LogP contribution in [0.3, 0.4) is 0 Å². The number of hydrazone groups is 1. The number of carbonyl (C=O) groups is 1. The highest BCUT2D eigenvalue weighted by Gasteiger charge is 2.27. The molecule has 3 aromatic rings. The Labute approximate surface area is 209 Å². The van der Waals surface area contributed by atoms with Gasteiger partial charge in [0.25, 0.3) is 15.9 Å². The molecule has 0 saturated carbocycles. The standard InChI is InChI=1S/C25H26FN3O6S/c1-17-5-11-21(12-6-17)36(31,32)29(20-9-7-19(26)8-10-20)16-24(30)28-27-15-18-13-22(33-2)25(35-4)23(14-18)34-3/h5-15H,16H2,1-4H3,(H,28,30)/b27-15+. The summed E-state index contributed by atoms with van der Waals surface area (Å²) >= 11 is 0. The molecule has 11 heteroatoms. The van der Waals surface area contributed by atoms with Crippen LogP contribution in [-0.2, 0) is 14.8 Å². The summed E-state index contributed by atoms with van der Waals surface area (Å²) in [5.41, 5.74) is 3.85. The van der Waals surface area contributed by atoms with Crippen molar-refractivity contribution in [3.05, 3.63) is 77.6 Å². The van der Waals surface area contributed by atoms with Crippen molar-refractivity contribution in [2.45, 2.75) is 11.8 Å². The lowest BCUT2D eigenvalue weighted by Gasteiger charge is -2.23. The van der Waals surface area contributed by atoms with Crippen LogP contribution in [0.4, 0.5) is 10.1 Å². The molecule has 0 aliphatic rings. The number of halogens is 1. The number of benzene rings is 3. The molecule has 1 N–H and O–H groups in total. The predicted molar refractivity (Wildman–Crippen MR) is 134 cm³/mol. The average molecular weight is 516 g/mol. The first-order valence-corrected chi connectivity index (χ1v) is 12.1. The number of rotatable bonds is 10. The molecule has 0 atom stereocenters. The molecule has 36 heavy (non-hydrogen) atoms. The van der Waals surface area contributed by atoms with Crippen LogP contribution in [0.2, 0.25) is 0 Å². The van der Waals surface area contributed by atoms with Crippen molar-refractivity contribution in [3.8, 4) is 17.2 Å². The first-order valence-electron chi connectivity index (χ1n) is 10.7. The van der Waals surface area contributed by atoms with E-state index < -0.39 is 28.3 Å². The number of hydrogen-bond acceptors (Lipinski definition) is 7. The lowest BCUT2D eigenvalue weighted by Crippen LogP contribution is -2.39. The number of carbonyl (C=O) groups excluding carboxylic acids is 1. The second-order valence-electron chi connectivity index (χ2n) is 7.55. The maximum Gasteiger partial charge on any atom is 0.264 e. The van der Waals surface area contributed by atoms with Gasteiger partial charge in [-0.2, -0.15) is 5.10 Å². The van der Waals surface area contributed by atoms with Crippen molar-refractivity contribution in [3.63, 3.8) is 0 Å². The molecule has 0 aromatic heterocycles. The highest BCUT2D eigenvalue weighted by Crippen LogP contribution is 2.37. The number of nitrogens with zero attached hydrogens (tertiary/aromatic N) is 2. The predicted octanol–water partition coefficient (Wildman–Crippen LogP) is 3.51. The van der Waals surface area contributed by atoms with E-state index in [9.17, 15) is 17.6 Å². The number of nitrogens with one attached hydrogen (secondary N) is 1. The number of aryl methyl sites for hydroxylation is 1. The molecule has 0 heterocycles. The van der Waals surface area contributed by atoms with Crippen LogP contribution in [0.25, 0.3) is 0 Å². The molecular weight excluding hydrogens is 489 g/mol. The number of methoxy groups -OCH3 is 3. The zero-order chi connectivity index (χ0) is 26.3. The minimum absolute atomic E-state index is 0.00820. The third-order valence-electron chi connectivity index (χ3n) is 5.10. The van der Waals surface area contributed by atoms with E-state index in [4.69, 9.17) is 14.2 Å². The number of amides is 1. The van der Waals surface area contributed by atoms with Gasteiger partial charge in [-0.25, -0.2) is 18.2 Å². The van der Waals surface area contributed by atoms with Crippen molar-refractivity contribution < 1.29 is 31.8 Å². The Bertz CT molecular complexity index is 1320. The summed E-state index contributed by atoms with van der Waals surface area (Å²) in [6.07, 6.45) is 1.35. The summed E-state index contributed by atoms with van der Waals surface area (Å²) in [6, 6.07) is 14.3. The van der Waals surface area contributed by atoms with Crippen LogP contribution in [0.1, 0.15) is 11.1 Å². The second kappa shape index (κ2) is 11.5. The topological polar surface area (TPSA) is 107 Å². The first kappa shape index (κ1) is 26.5. The van der Waals surface area contributed by atoms with Crippen molar-refractivity contribution in [1.82, 2.24) is 5.43 Å². The van der Waals surface area contributed by atoms with Crippen LogP contribution in [0.15, 0.2) is 70.7 Å². The first-order chi connectivity index (χ1) is 17.2. The zero-order valence-electron chi connectivity index (χ0n) is 20.2. The molecule has 3 rings (SSSR count). The number of anilines is 1. The zero-order valence-corrected chi connectivity index (χ0v) is 21.0. The lowest BCUT2D eigenvalue weighted by molar-refractivity contribution is -0.119. The molecule has 190 valence electrons. The van der Waals surface area contributed by atoms with Gasteiger partial charge in [-0.05, 0) is 55.5 Å². The van der Waals surface area contributed by atoms with Crippen LogP contribution >= 0.6 is 0 Å². The van der Waals surface area contributed by atoms with Gasteiger partial charge in [-0.15, -0.1) is 0 Å². The summed E-state index contributed by atoms with van der Waals surface area (Å²) < 4.78 is 56.9. The molecular formula is C25H26FN3O6S. The fourth-order valence-corrected chi connectivity index (χ4v) is 4.70. The fourth-order valence-electron chi connectivity index (χ4n) is 3.28. The van der Waals surface area contributed by atoms with E-state index >= 15 is 0 Å². The van der Waals surface area contributed by atoms with Gasteiger partial charge in [0.1, 0.15) is 12.4 Å². The normalized spacial score (nSPS) is 11.2. The number of hydrogen-bond donors (Lipinski definition) is 1. The molecule has 0 fully saturated rings. The summed E-state index contributed by atoms with van der Waals surface area (Å²) in [4.78, 5) is 12.7. The van der Waals surface area contributed by atoms with Gasteiger partial charge in [0.2, 0.25) is 5.75 Å². The largest absolute Gasteiger partial charge is 0.493 e. The van der Waals surface area contributed by atoms with Gasteiger partial charge in [0, 0.05) is 5.56 Å². The molecule has 0 saturated heterocycles. The SMILES string of the molecule is COc1cc(/C=N/NC(=O)CN(c2ccc(F)cc2)S(=O)(=O)c2ccc(C)cc2)cc(OC)c1OC. The maximum absolute atomic E-state index is 13.5. The summed E-state index contributed by atoms with van der Waals surface area (Å²) in [5.74, 6) is -0.0467. The van der Waals surface area contributed by atoms with E-state index in [0.717, 1.165) is 22.0 Å². The van der Waals surface area contributed by atoms with Gasteiger partial charge in [-0.3, -0.25) is 9.10 Å².